The van der Waals surface area contributed by atoms with Gasteiger partial charge in [-0.15, -0.1) is 0 Å². The fraction of sp³-hybridized carbons (Fsp3) is 0.500. The highest BCUT2D eigenvalue weighted by Crippen LogP contribution is 2.46. The first-order valence-corrected chi connectivity index (χ1v) is 23.2. The molecule has 15 nitrogen and oxygen atoms in total. The van der Waals surface area contributed by atoms with Crippen LogP contribution in [-0.4, -0.2) is 93.4 Å². The number of sulfonamides is 1. The summed E-state index contributed by atoms with van der Waals surface area (Å²) in [6.45, 7) is -0.147. The molecule has 0 spiro atoms. The Morgan fingerprint density at radius 1 is 0.921 bits per heavy atom. The van der Waals surface area contributed by atoms with Gasteiger partial charge >= 0.3 is 12.3 Å². The Hall–Kier alpha value is -5.72. The summed E-state index contributed by atoms with van der Waals surface area (Å²) in [7, 11) is -3.96. The van der Waals surface area contributed by atoms with Crippen LogP contribution in [0.3, 0.4) is 0 Å². The molecule has 3 saturated carbocycles. The summed E-state index contributed by atoms with van der Waals surface area (Å²) in [5.74, 6) is -2.48. The van der Waals surface area contributed by atoms with Crippen LogP contribution >= 0.6 is 0 Å². The number of rotatable bonds is 8. The number of ether oxygens (including phenoxy) is 2. The maximum absolute atomic E-state index is 14.8. The van der Waals surface area contributed by atoms with E-state index in [1.54, 1.807) is 24.3 Å². The number of halogens is 3. The molecule has 4 heterocycles. The second kappa shape index (κ2) is 16.8. The first-order valence-electron chi connectivity index (χ1n) is 21.6. The van der Waals surface area contributed by atoms with E-state index in [0.29, 0.717) is 54.2 Å². The van der Waals surface area contributed by atoms with Gasteiger partial charge in [-0.2, -0.15) is 22.8 Å². The number of alkyl halides is 3. The molecule has 0 unspecified atom stereocenters. The van der Waals surface area contributed by atoms with Gasteiger partial charge in [-0.05, 0) is 88.5 Å². The molecular weight excluding hydrogens is 844 g/mol. The van der Waals surface area contributed by atoms with E-state index in [1.807, 2.05) is 12.2 Å². The first-order chi connectivity index (χ1) is 30.2. The summed E-state index contributed by atoms with van der Waals surface area (Å²) < 4.78 is 82.4. The molecule has 5 atom stereocenters. The molecule has 9 rings (SSSR count). The zero-order valence-electron chi connectivity index (χ0n) is 34.3. The van der Waals surface area contributed by atoms with Gasteiger partial charge in [-0.1, -0.05) is 49.3 Å². The SMILES string of the molecule is O=C(N[C@H]1CCCCC/C=C\[C@@H]2C[C@@]2(C(=O)NS(=O)(=O)C2CC2)NC(=O)[C@@H]2C[C@@H](Oc3cc(-c4ccc(C(F)(F)F)cc4)nc4c5ccccc5nn34)CN2C1=O)OC1CCCC1. The number of allylic oxidation sites excluding steroid dienone is 1. The third-order valence-corrected chi connectivity index (χ3v) is 14.6. The smallest absolute Gasteiger partial charge is 0.416 e. The Labute approximate surface area is 361 Å². The van der Waals surface area contributed by atoms with Crippen LogP contribution in [0.25, 0.3) is 27.8 Å². The summed E-state index contributed by atoms with van der Waals surface area (Å²) >= 11 is 0. The normalized spacial score (nSPS) is 26.6. The highest BCUT2D eigenvalue weighted by molar-refractivity contribution is 7.91. The Kier molecular flexibility index (Phi) is 11.3. The van der Waals surface area contributed by atoms with E-state index in [9.17, 15) is 40.8 Å². The minimum atomic E-state index is -4.55. The number of carbonyl (C=O) groups excluding carboxylic acids is 4. The van der Waals surface area contributed by atoms with Crippen molar-refractivity contribution in [3.63, 3.8) is 0 Å². The summed E-state index contributed by atoms with van der Waals surface area (Å²) in [5.41, 5.74) is -0.848. The zero-order chi connectivity index (χ0) is 44.1. The molecule has 2 aromatic heterocycles. The number of carbonyl (C=O) groups is 4. The standard InChI is InChI=1S/C44H48F3N7O8S/c45-44(46,47)27-18-16-26(17-19-27)35-23-37(54-38(48-35)32-13-8-9-14-33(32)51-54)61-30-22-36-39(55)50-43(41(57)52-63(59,60)31-20-21-31)24-28(43)10-4-2-1-3-5-15-34(40(56)53(36)25-30)49-42(58)62-29-11-6-7-12-29/h4,8-10,13-14,16-19,23,28-31,34,36H,1-3,5-7,11-12,15,20-22,24-25H2,(H,49,58)(H,50,55)(H,52,57)/b10-4-/t28-,30-,34+,36+,43-/m1/s1. The Bertz CT molecular complexity index is 2580. The van der Waals surface area contributed by atoms with E-state index in [4.69, 9.17) is 19.6 Å². The number of alkyl carbamates (subject to hydrolysis) is 1. The van der Waals surface area contributed by atoms with E-state index >= 15 is 0 Å². The zero-order valence-corrected chi connectivity index (χ0v) is 35.1. The maximum Gasteiger partial charge on any atom is 0.416 e. The molecule has 3 aliphatic carbocycles. The summed E-state index contributed by atoms with van der Waals surface area (Å²) in [6.07, 6.45) is 4.48. The van der Waals surface area contributed by atoms with Crippen LogP contribution in [0.4, 0.5) is 18.0 Å². The Morgan fingerprint density at radius 3 is 2.41 bits per heavy atom. The maximum atomic E-state index is 14.8. The van der Waals surface area contributed by atoms with Crippen molar-refractivity contribution in [2.45, 2.75) is 125 Å². The van der Waals surface area contributed by atoms with Gasteiger partial charge in [0.2, 0.25) is 27.7 Å². The van der Waals surface area contributed by atoms with Gasteiger partial charge in [0.25, 0.3) is 5.91 Å². The van der Waals surface area contributed by atoms with Crippen molar-refractivity contribution in [1.82, 2.24) is 34.9 Å². The summed E-state index contributed by atoms with van der Waals surface area (Å²) in [6, 6.07) is 10.9. The van der Waals surface area contributed by atoms with E-state index in [-0.39, 0.29) is 43.5 Å². The van der Waals surface area contributed by atoms with Crippen LogP contribution < -0.4 is 20.1 Å². The minimum absolute atomic E-state index is 0.0877. The molecule has 0 radical (unpaired) electrons. The number of hydrogen-bond acceptors (Lipinski definition) is 10. The largest absolute Gasteiger partial charge is 0.472 e. The molecule has 5 aliphatic rings. The molecule has 1 saturated heterocycles. The van der Waals surface area contributed by atoms with Gasteiger partial charge in [0.15, 0.2) is 5.65 Å². The fourth-order valence-electron chi connectivity index (χ4n) is 9.02. The van der Waals surface area contributed by atoms with Gasteiger partial charge in [0.05, 0.1) is 28.6 Å². The average molecular weight is 892 g/mol. The predicted molar refractivity (Wildman–Crippen MR) is 222 cm³/mol. The van der Waals surface area contributed by atoms with E-state index in [2.05, 4.69) is 15.4 Å². The molecule has 4 aromatic rings. The van der Waals surface area contributed by atoms with Gasteiger partial charge in [-0.3, -0.25) is 19.1 Å². The number of amides is 4. The summed E-state index contributed by atoms with van der Waals surface area (Å²) in [4.78, 5) is 62.6. The molecule has 3 N–H and O–H groups in total. The second-order valence-corrected chi connectivity index (χ2v) is 19.3. The number of fused-ring (bicyclic) bond motifs is 5. The third-order valence-electron chi connectivity index (χ3n) is 12.8. The van der Waals surface area contributed by atoms with Crippen LogP contribution in [0.15, 0.2) is 66.7 Å². The molecular formula is C44H48F3N7O8S. The quantitative estimate of drug-likeness (QED) is 0.178. The van der Waals surface area contributed by atoms with Crippen molar-refractivity contribution < 1.29 is 50.2 Å². The number of nitrogens with one attached hydrogen (secondary N) is 3. The molecule has 2 aliphatic heterocycles. The number of nitrogens with zero attached hydrogens (tertiary/aromatic N) is 4. The molecule has 19 heteroatoms. The van der Waals surface area contributed by atoms with Crippen LogP contribution in [0.2, 0.25) is 0 Å². The van der Waals surface area contributed by atoms with Crippen LogP contribution in [0, 0.1) is 5.92 Å². The third kappa shape index (κ3) is 8.93. The Balaban J connectivity index is 1.05. The lowest BCUT2D eigenvalue weighted by Gasteiger charge is -2.30. The first kappa shape index (κ1) is 42.6. The van der Waals surface area contributed by atoms with Gasteiger partial charge < -0.3 is 25.0 Å². The van der Waals surface area contributed by atoms with Crippen molar-refractivity contribution in [3.05, 3.63) is 72.3 Å². The van der Waals surface area contributed by atoms with Crippen molar-refractivity contribution in [3.8, 4) is 17.1 Å². The highest BCUT2D eigenvalue weighted by atomic mass is 32.2. The summed E-state index contributed by atoms with van der Waals surface area (Å²) in [5, 5.41) is 10.3. The minimum Gasteiger partial charge on any atom is -0.472 e. The van der Waals surface area contributed by atoms with Crippen molar-refractivity contribution in [2.75, 3.05) is 6.54 Å². The van der Waals surface area contributed by atoms with Crippen LogP contribution in [-0.2, 0) is 35.3 Å². The van der Waals surface area contributed by atoms with Crippen molar-refractivity contribution in [1.29, 1.82) is 0 Å². The van der Waals surface area contributed by atoms with Crippen LogP contribution in [0.1, 0.15) is 89.0 Å². The topological polar surface area (TPSA) is 190 Å². The molecule has 2 aromatic carbocycles. The average Bonchev–Trinajstić information content (AvgIpc) is 4.06. The monoisotopic (exact) mass is 891 g/mol. The van der Waals surface area contributed by atoms with Gasteiger partial charge in [-0.25, -0.2) is 18.2 Å². The molecule has 0 bridgehead atoms. The molecule has 4 amide bonds. The van der Waals surface area contributed by atoms with E-state index in [1.165, 1.54) is 27.6 Å². The van der Waals surface area contributed by atoms with E-state index < -0.39 is 80.5 Å². The Morgan fingerprint density at radius 2 is 1.67 bits per heavy atom. The van der Waals surface area contributed by atoms with E-state index in [0.717, 1.165) is 44.2 Å². The lowest BCUT2D eigenvalue weighted by atomic mass is 10.0. The second-order valence-electron chi connectivity index (χ2n) is 17.3. The van der Waals surface area contributed by atoms with Crippen molar-refractivity contribution >= 4 is 50.4 Å². The lowest BCUT2D eigenvalue weighted by Crippen LogP contribution is -2.58. The molecule has 63 heavy (non-hydrogen) atoms. The fourth-order valence-corrected chi connectivity index (χ4v) is 10.4. The molecule has 4 fully saturated rings. The number of aromatic nitrogens is 3. The van der Waals surface area contributed by atoms with Gasteiger partial charge in [0.1, 0.15) is 29.8 Å². The highest BCUT2D eigenvalue weighted by Gasteiger charge is 2.62. The predicted octanol–water partition coefficient (Wildman–Crippen LogP) is 5.96. The van der Waals surface area contributed by atoms with Gasteiger partial charge in [0, 0.05) is 29.4 Å². The molecule has 334 valence electrons. The van der Waals surface area contributed by atoms with Crippen molar-refractivity contribution in [2.24, 2.45) is 5.92 Å². The number of hydrogen-bond donors (Lipinski definition) is 3. The van der Waals surface area contributed by atoms with Crippen LogP contribution in [0.5, 0.6) is 5.88 Å². The number of benzene rings is 2. The lowest BCUT2D eigenvalue weighted by molar-refractivity contribution is -0.141.